The number of carboxylic acids is 1. The maximum atomic E-state index is 11.0. The third-order valence-corrected chi connectivity index (χ3v) is 3.04. The fourth-order valence-corrected chi connectivity index (χ4v) is 1.54. The highest BCUT2D eigenvalue weighted by molar-refractivity contribution is 5.94. The zero-order valence-corrected chi connectivity index (χ0v) is 10.0. The molecule has 0 aromatic heterocycles. The van der Waals surface area contributed by atoms with Gasteiger partial charge in [0.05, 0.1) is 5.56 Å². The van der Waals surface area contributed by atoms with Gasteiger partial charge in [0, 0.05) is 11.7 Å². The molecule has 0 radical (unpaired) electrons. The predicted octanol–water partition coefficient (Wildman–Crippen LogP) is 3.23. The average molecular weight is 221 g/mol. The highest BCUT2D eigenvalue weighted by atomic mass is 16.4. The number of rotatable bonds is 5. The van der Waals surface area contributed by atoms with Crippen LogP contribution in [0.5, 0.6) is 0 Å². The molecule has 0 saturated carbocycles. The first-order chi connectivity index (χ1) is 7.56. The molecule has 0 aliphatic rings. The second-order valence-corrected chi connectivity index (χ2v) is 4.17. The first-order valence-electron chi connectivity index (χ1n) is 5.65. The van der Waals surface area contributed by atoms with Crippen LogP contribution in [0, 0.1) is 5.92 Å². The number of carboxylic acid groups (broad SMARTS) is 1. The van der Waals surface area contributed by atoms with E-state index in [4.69, 9.17) is 5.11 Å². The molecule has 0 spiro atoms. The summed E-state index contributed by atoms with van der Waals surface area (Å²) in [5.41, 5.74) is 1.03. The second kappa shape index (κ2) is 5.54. The summed E-state index contributed by atoms with van der Waals surface area (Å²) in [5, 5.41) is 12.3. The molecule has 16 heavy (non-hydrogen) atoms. The van der Waals surface area contributed by atoms with Crippen LogP contribution in [-0.2, 0) is 0 Å². The van der Waals surface area contributed by atoms with Gasteiger partial charge in [0.2, 0.25) is 0 Å². The van der Waals surface area contributed by atoms with Gasteiger partial charge in [0.1, 0.15) is 0 Å². The van der Waals surface area contributed by atoms with Gasteiger partial charge in [-0.25, -0.2) is 4.79 Å². The number of anilines is 1. The van der Waals surface area contributed by atoms with Crippen molar-refractivity contribution in [3.63, 3.8) is 0 Å². The van der Waals surface area contributed by atoms with E-state index < -0.39 is 5.97 Å². The largest absolute Gasteiger partial charge is 0.478 e. The Morgan fingerprint density at radius 2 is 2.00 bits per heavy atom. The highest BCUT2D eigenvalue weighted by Gasteiger charge is 2.14. The molecular formula is C13H19NO2. The standard InChI is InChI=1S/C13H19NO2/c1-4-9(2)10(3)14-12-8-6-5-7-11(12)13(15)16/h5-10,14H,4H2,1-3H3,(H,15,16). The zero-order chi connectivity index (χ0) is 12.1. The van der Waals surface area contributed by atoms with Crippen molar-refractivity contribution in [1.29, 1.82) is 0 Å². The lowest BCUT2D eigenvalue weighted by Gasteiger charge is -2.22. The molecule has 2 unspecified atom stereocenters. The van der Waals surface area contributed by atoms with Crippen LogP contribution < -0.4 is 5.32 Å². The van der Waals surface area contributed by atoms with Crippen LogP contribution in [0.2, 0.25) is 0 Å². The number of hydrogen-bond acceptors (Lipinski definition) is 2. The zero-order valence-electron chi connectivity index (χ0n) is 10.0. The summed E-state index contributed by atoms with van der Waals surface area (Å²) in [6, 6.07) is 7.28. The molecule has 2 N–H and O–H groups in total. The fourth-order valence-electron chi connectivity index (χ4n) is 1.54. The Morgan fingerprint density at radius 3 is 2.56 bits per heavy atom. The maximum absolute atomic E-state index is 11.0. The van der Waals surface area contributed by atoms with Crippen molar-refractivity contribution in [2.24, 2.45) is 5.92 Å². The molecule has 1 rings (SSSR count). The van der Waals surface area contributed by atoms with Gasteiger partial charge in [0.25, 0.3) is 0 Å². The number of benzene rings is 1. The third kappa shape index (κ3) is 2.99. The normalized spacial score (nSPS) is 14.2. The average Bonchev–Trinajstić information content (AvgIpc) is 2.28. The van der Waals surface area contributed by atoms with E-state index in [1.807, 2.05) is 12.1 Å². The first-order valence-corrected chi connectivity index (χ1v) is 5.65. The van der Waals surface area contributed by atoms with E-state index in [1.165, 1.54) is 0 Å². The maximum Gasteiger partial charge on any atom is 0.337 e. The summed E-state index contributed by atoms with van der Waals surface area (Å²) < 4.78 is 0. The van der Waals surface area contributed by atoms with E-state index in [2.05, 4.69) is 26.1 Å². The summed E-state index contributed by atoms with van der Waals surface area (Å²) >= 11 is 0. The molecule has 3 heteroatoms. The van der Waals surface area contributed by atoms with Crippen molar-refractivity contribution >= 4 is 11.7 Å². The molecule has 0 bridgehead atoms. The van der Waals surface area contributed by atoms with Crippen LogP contribution in [0.25, 0.3) is 0 Å². The van der Waals surface area contributed by atoms with Gasteiger partial charge < -0.3 is 10.4 Å². The van der Waals surface area contributed by atoms with Crippen molar-refractivity contribution in [2.45, 2.75) is 33.2 Å². The Labute approximate surface area is 96.5 Å². The molecule has 0 aliphatic heterocycles. The summed E-state index contributed by atoms with van der Waals surface area (Å²) in [6.07, 6.45) is 1.07. The minimum absolute atomic E-state index is 0.269. The van der Waals surface area contributed by atoms with Crippen LogP contribution in [0.1, 0.15) is 37.6 Å². The molecule has 0 heterocycles. The molecule has 1 aromatic carbocycles. The monoisotopic (exact) mass is 221 g/mol. The van der Waals surface area contributed by atoms with Crippen molar-refractivity contribution in [3.05, 3.63) is 29.8 Å². The fraction of sp³-hybridized carbons (Fsp3) is 0.462. The van der Waals surface area contributed by atoms with E-state index in [0.717, 1.165) is 6.42 Å². The molecule has 0 aliphatic carbocycles. The van der Waals surface area contributed by atoms with Crippen LogP contribution in [0.3, 0.4) is 0 Å². The second-order valence-electron chi connectivity index (χ2n) is 4.17. The topological polar surface area (TPSA) is 49.3 Å². The number of para-hydroxylation sites is 1. The summed E-state index contributed by atoms with van der Waals surface area (Å²) in [4.78, 5) is 11.0. The molecule has 3 nitrogen and oxygen atoms in total. The predicted molar refractivity (Wildman–Crippen MR) is 65.9 cm³/mol. The number of aromatic carboxylic acids is 1. The molecule has 88 valence electrons. The minimum atomic E-state index is -0.889. The molecular weight excluding hydrogens is 202 g/mol. The van der Waals surface area contributed by atoms with Crippen molar-refractivity contribution in [2.75, 3.05) is 5.32 Å². The van der Waals surface area contributed by atoms with Crippen LogP contribution in [0.4, 0.5) is 5.69 Å². The Balaban J connectivity index is 2.84. The summed E-state index contributed by atoms with van der Waals surface area (Å²) in [5.74, 6) is -0.374. The number of nitrogens with one attached hydrogen (secondary N) is 1. The van der Waals surface area contributed by atoms with Gasteiger partial charge in [0.15, 0.2) is 0 Å². The van der Waals surface area contributed by atoms with Crippen molar-refractivity contribution in [1.82, 2.24) is 0 Å². The van der Waals surface area contributed by atoms with Gasteiger partial charge >= 0.3 is 5.97 Å². The van der Waals surface area contributed by atoms with Crippen molar-refractivity contribution < 1.29 is 9.90 Å². The van der Waals surface area contributed by atoms with Crippen LogP contribution >= 0.6 is 0 Å². The Bertz CT molecular complexity index is 363. The van der Waals surface area contributed by atoms with Gasteiger partial charge in [-0.2, -0.15) is 0 Å². The van der Waals surface area contributed by atoms with Gasteiger partial charge in [-0.1, -0.05) is 32.4 Å². The highest BCUT2D eigenvalue weighted by Crippen LogP contribution is 2.19. The van der Waals surface area contributed by atoms with Gasteiger partial charge in [-0.3, -0.25) is 0 Å². The number of hydrogen-bond donors (Lipinski definition) is 2. The van der Waals surface area contributed by atoms with E-state index >= 15 is 0 Å². The smallest absolute Gasteiger partial charge is 0.337 e. The quantitative estimate of drug-likeness (QED) is 0.802. The van der Waals surface area contributed by atoms with E-state index in [-0.39, 0.29) is 6.04 Å². The minimum Gasteiger partial charge on any atom is -0.478 e. The number of carbonyl (C=O) groups is 1. The van der Waals surface area contributed by atoms with Crippen LogP contribution in [-0.4, -0.2) is 17.1 Å². The third-order valence-electron chi connectivity index (χ3n) is 3.04. The van der Waals surface area contributed by atoms with Crippen LogP contribution in [0.15, 0.2) is 24.3 Å². The van der Waals surface area contributed by atoms with Crippen molar-refractivity contribution in [3.8, 4) is 0 Å². The lowest BCUT2D eigenvalue weighted by molar-refractivity contribution is 0.0698. The molecule has 2 atom stereocenters. The summed E-state index contributed by atoms with van der Waals surface area (Å²) in [7, 11) is 0. The first kappa shape index (κ1) is 12.6. The molecule has 1 aromatic rings. The van der Waals surface area contributed by atoms with E-state index in [9.17, 15) is 4.79 Å². The lowest BCUT2D eigenvalue weighted by Crippen LogP contribution is -2.24. The molecule has 0 saturated heterocycles. The van der Waals surface area contributed by atoms with Gasteiger partial charge in [-0.15, -0.1) is 0 Å². The molecule has 0 fully saturated rings. The Kier molecular flexibility index (Phi) is 4.35. The summed E-state index contributed by atoms with van der Waals surface area (Å²) in [6.45, 7) is 6.36. The SMILES string of the molecule is CCC(C)C(C)Nc1ccccc1C(=O)O. The Morgan fingerprint density at radius 1 is 1.38 bits per heavy atom. The lowest BCUT2D eigenvalue weighted by atomic mass is 10.00. The van der Waals surface area contributed by atoms with E-state index in [0.29, 0.717) is 17.2 Å². The Hall–Kier alpha value is -1.51. The van der Waals surface area contributed by atoms with E-state index in [1.54, 1.807) is 12.1 Å². The molecule has 0 amide bonds. The van der Waals surface area contributed by atoms with Gasteiger partial charge in [-0.05, 0) is 25.0 Å².